The fourth-order valence-electron chi connectivity index (χ4n) is 2.99. The number of epoxide rings is 1. The first kappa shape index (κ1) is 6.44. The van der Waals surface area contributed by atoms with Gasteiger partial charge in [0.1, 0.15) is 0 Å². The zero-order valence-electron chi connectivity index (χ0n) is 6.57. The lowest BCUT2D eigenvalue weighted by Crippen LogP contribution is -2.27. The van der Waals surface area contributed by atoms with Crippen LogP contribution in [0, 0.1) is 11.8 Å². The Morgan fingerprint density at radius 3 is 3.00 bits per heavy atom. The van der Waals surface area contributed by atoms with Crippen LogP contribution < -0.4 is 0 Å². The summed E-state index contributed by atoms with van der Waals surface area (Å²) < 4.78 is 5.48. The Labute approximate surface area is 66.5 Å². The van der Waals surface area contributed by atoms with E-state index in [1.807, 2.05) is 0 Å². The first-order valence-electron chi connectivity index (χ1n) is 4.68. The third-order valence-electron chi connectivity index (χ3n) is 3.59. The third kappa shape index (κ3) is 0.859. The van der Waals surface area contributed by atoms with Crippen molar-refractivity contribution in [3.63, 3.8) is 0 Å². The number of aliphatic hydroxyl groups is 1. The molecule has 3 rings (SSSR count). The van der Waals surface area contributed by atoms with Crippen molar-refractivity contribution in [1.82, 2.24) is 0 Å². The molecule has 0 aromatic heterocycles. The molecule has 2 aliphatic carbocycles. The summed E-state index contributed by atoms with van der Waals surface area (Å²) in [6, 6.07) is 0. The van der Waals surface area contributed by atoms with E-state index in [1.54, 1.807) is 0 Å². The Bertz CT molecular complexity index is 180. The van der Waals surface area contributed by atoms with Crippen LogP contribution in [-0.4, -0.2) is 23.4 Å². The standard InChI is InChI=1S/C9H14O2/c10-6-1-2-7-5(3-6)4-8-9(7)11-8/h5-10H,1-4H2. The van der Waals surface area contributed by atoms with Gasteiger partial charge < -0.3 is 9.84 Å². The van der Waals surface area contributed by atoms with Crippen LogP contribution in [0.4, 0.5) is 0 Å². The minimum atomic E-state index is -0.00579. The number of aliphatic hydroxyl groups excluding tert-OH is 1. The van der Waals surface area contributed by atoms with Gasteiger partial charge in [0.2, 0.25) is 0 Å². The Hall–Kier alpha value is -0.0800. The van der Waals surface area contributed by atoms with E-state index in [1.165, 1.54) is 12.8 Å². The summed E-state index contributed by atoms with van der Waals surface area (Å²) in [6.45, 7) is 0. The van der Waals surface area contributed by atoms with Gasteiger partial charge in [-0.15, -0.1) is 0 Å². The van der Waals surface area contributed by atoms with E-state index in [-0.39, 0.29) is 6.10 Å². The summed E-state index contributed by atoms with van der Waals surface area (Å²) in [4.78, 5) is 0. The lowest BCUT2D eigenvalue weighted by Gasteiger charge is -2.29. The quantitative estimate of drug-likeness (QED) is 0.526. The summed E-state index contributed by atoms with van der Waals surface area (Å²) >= 11 is 0. The highest BCUT2D eigenvalue weighted by Crippen LogP contribution is 2.52. The number of fused-ring (bicyclic) bond motifs is 3. The molecule has 1 aliphatic heterocycles. The highest BCUT2D eigenvalue weighted by molar-refractivity contribution is 5.04. The monoisotopic (exact) mass is 154 g/mol. The van der Waals surface area contributed by atoms with Crippen LogP contribution in [0.3, 0.4) is 0 Å². The van der Waals surface area contributed by atoms with Crippen LogP contribution in [0.2, 0.25) is 0 Å². The summed E-state index contributed by atoms with van der Waals surface area (Å²) in [6.07, 6.45) is 5.67. The smallest absolute Gasteiger partial charge is 0.0872 e. The van der Waals surface area contributed by atoms with E-state index in [0.29, 0.717) is 12.2 Å². The minimum Gasteiger partial charge on any atom is -0.393 e. The topological polar surface area (TPSA) is 32.8 Å². The van der Waals surface area contributed by atoms with Crippen molar-refractivity contribution < 1.29 is 9.84 Å². The van der Waals surface area contributed by atoms with E-state index in [0.717, 1.165) is 24.7 Å². The molecule has 2 saturated carbocycles. The molecule has 1 heterocycles. The van der Waals surface area contributed by atoms with E-state index < -0.39 is 0 Å². The molecule has 0 amide bonds. The second-order valence-electron chi connectivity index (χ2n) is 4.27. The van der Waals surface area contributed by atoms with E-state index in [4.69, 9.17) is 4.74 Å². The third-order valence-corrected chi connectivity index (χ3v) is 3.59. The zero-order chi connectivity index (χ0) is 7.42. The highest BCUT2D eigenvalue weighted by atomic mass is 16.6. The molecule has 1 saturated heterocycles. The van der Waals surface area contributed by atoms with E-state index >= 15 is 0 Å². The van der Waals surface area contributed by atoms with Gasteiger partial charge in [-0.1, -0.05) is 0 Å². The highest BCUT2D eigenvalue weighted by Gasteiger charge is 2.56. The molecule has 0 aromatic rings. The first-order valence-corrected chi connectivity index (χ1v) is 4.68. The van der Waals surface area contributed by atoms with Crippen molar-refractivity contribution in [1.29, 1.82) is 0 Å². The maximum absolute atomic E-state index is 9.42. The van der Waals surface area contributed by atoms with Gasteiger partial charge in [0.15, 0.2) is 0 Å². The maximum atomic E-state index is 9.42. The average Bonchev–Trinajstić information content (AvgIpc) is 2.63. The number of ether oxygens (including phenoxy) is 1. The van der Waals surface area contributed by atoms with Crippen LogP contribution in [0.25, 0.3) is 0 Å². The van der Waals surface area contributed by atoms with Gasteiger partial charge in [0.05, 0.1) is 18.3 Å². The number of hydrogen-bond donors (Lipinski definition) is 1. The molecule has 2 nitrogen and oxygen atoms in total. The molecule has 1 N–H and O–H groups in total. The SMILES string of the molecule is OC1CCC2C(C1)CC1OC12. The van der Waals surface area contributed by atoms with Crippen molar-refractivity contribution in [3.8, 4) is 0 Å². The van der Waals surface area contributed by atoms with Crippen molar-refractivity contribution in [2.75, 3.05) is 0 Å². The molecule has 3 aliphatic rings. The predicted molar refractivity (Wildman–Crippen MR) is 40.1 cm³/mol. The van der Waals surface area contributed by atoms with E-state index in [9.17, 15) is 5.11 Å². The lowest BCUT2D eigenvalue weighted by atomic mass is 9.79. The predicted octanol–water partition coefficient (Wildman–Crippen LogP) is 0.935. The van der Waals surface area contributed by atoms with Crippen molar-refractivity contribution in [2.24, 2.45) is 11.8 Å². The molecular formula is C9H14O2. The van der Waals surface area contributed by atoms with Gasteiger partial charge in [-0.2, -0.15) is 0 Å². The lowest BCUT2D eigenvalue weighted by molar-refractivity contribution is 0.0524. The molecule has 0 bridgehead atoms. The molecule has 62 valence electrons. The molecule has 11 heavy (non-hydrogen) atoms. The molecule has 0 spiro atoms. The Balaban J connectivity index is 1.75. The number of hydrogen-bond acceptors (Lipinski definition) is 2. The molecule has 2 heteroatoms. The molecule has 0 radical (unpaired) electrons. The van der Waals surface area contributed by atoms with Crippen LogP contribution in [0.5, 0.6) is 0 Å². The summed E-state index contributed by atoms with van der Waals surface area (Å²) in [5.41, 5.74) is 0. The van der Waals surface area contributed by atoms with Crippen molar-refractivity contribution >= 4 is 0 Å². The van der Waals surface area contributed by atoms with Crippen LogP contribution >= 0.6 is 0 Å². The molecule has 3 fully saturated rings. The number of rotatable bonds is 0. The average molecular weight is 154 g/mol. The second-order valence-corrected chi connectivity index (χ2v) is 4.27. The fourth-order valence-corrected chi connectivity index (χ4v) is 2.99. The van der Waals surface area contributed by atoms with Crippen LogP contribution in [0.1, 0.15) is 25.7 Å². The zero-order valence-corrected chi connectivity index (χ0v) is 6.57. The summed E-state index contributed by atoms with van der Waals surface area (Å²) in [7, 11) is 0. The minimum absolute atomic E-state index is 0.00579. The van der Waals surface area contributed by atoms with Crippen LogP contribution in [-0.2, 0) is 4.74 Å². The van der Waals surface area contributed by atoms with Gasteiger partial charge in [-0.25, -0.2) is 0 Å². The van der Waals surface area contributed by atoms with Crippen molar-refractivity contribution in [3.05, 3.63) is 0 Å². The molecule has 5 atom stereocenters. The fraction of sp³-hybridized carbons (Fsp3) is 1.00. The summed E-state index contributed by atoms with van der Waals surface area (Å²) in [5, 5.41) is 9.42. The van der Waals surface area contributed by atoms with Crippen molar-refractivity contribution in [2.45, 2.75) is 44.0 Å². The van der Waals surface area contributed by atoms with Crippen LogP contribution in [0.15, 0.2) is 0 Å². The Morgan fingerprint density at radius 1 is 1.18 bits per heavy atom. The molecule has 0 aromatic carbocycles. The Kier molecular flexibility index (Phi) is 1.16. The molecule has 5 unspecified atom stereocenters. The first-order chi connectivity index (χ1) is 5.34. The van der Waals surface area contributed by atoms with Gasteiger partial charge in [-0.05, 0) is 37.5 Å². The van der Waals surface area contributed by atoms with Gasteiger partial charge in [-0.3, -0.25) is 0 Å². The Morgan fingerprint density at radius 2 is 2.09 bits per heavy atom. The van der Waals surface area contributed by atoms with Gasteiger partial charge in [0.25, 0.3) is 0 Å². The largest absolute Gasteiger partial charge is 0.393 e. The summed E-state index contributed by atoms with van der Waals surface area (Å²) in [5.74, 6) is 1.60. The second kappa shape index (κ2) is 1.99. The van der Waals surface area contributed by atoms with Gasteiger partial charge in [0, 0.05) is 0 Å². The maximum Gasteiger partial charge on any atom is 0.0872 e. The normalized spacial score (nSPS) is 60.3. The molecular weight excluding hydrogens is 140 g/mol. The van der Waals surface area contributed by atoms with E-state index in [2.05, 4.69) is 0 Å². The van der Waals surface area contributed by atoms with Gasteiger partial charge >= 0.3 is 0 Å².